The first-order valence-corrected chi connectivity index (χ1v) is 11.1. The lowest BCUT2D eigenvalue weighted by Gasteiger charge is -2.03. The van der Waals surface area contributed by atoms with Gasteiger partial charge in [-0.05, 0) is 49.4 Å². The number of aryl methyl sites for hydroxylation is 1. The van der Waals surface area contributed by atoms with Gasteiger partial charge in [-0.15, -0.1) is 11.3 Å². The molecule has 0 radical (unpaired) electrons. The largest absolute Gasteiger partial charge is 0.356 e. The lowest BCUT2D eigenvalue weighted by Crippen LogP contribution is -1.88. The third-order valence-electron chi connectivity index (χ3n) is 5.69. The topological polar surface area (TPSA) is 57.4 Å². The van der Waals surface area contributed by atoms with Crippen molar-refractivity contribution in [1.29, 1.82) is 0 Å². The number of fused-ring (bicyclic) bond motifs is 2. The van der Waals surface area contributed by atoms with E-state index in [0.29, 0.717) is 0 Å². The minimum absolute atomic E-state index is 0.876. The van der Waals surface area contributed by atoms with Gasteiger partial charge in [0.05, 0.1) is 16.9 Å². The summed E-state index contributed by atoms with van der Waals surface area (Å²) in [6, 6.07) is 18.9. The van der Waals surface area contributed by atoms with Crippen LogP contribution in [0.4, 0.5) is 0 Å². The second kappa shape index (κ2) is 7.22. The molecule has 4 nitrogen and oxygen atoms in total. The van der Waals surface area contributed by atoms with Gasteiger partial charge in [0.2, 0.25) is 0 Å². The number of nitrogens with zero attached hydrogens (tertiary/aromatic N) is 2. The van der Waals surface area contributed by atoms with Crippen molar-refractivity contribution < 1.29 is 0 Å². The molecule has 4 aromatic heterocycles. The maximum Gasteiger partial charge on any atom is 0.116 e. The second-order valence-electron chi connectivity index (χ2n) is 7.75. The number of hydrogen-bond donors (Lipinski definition) is 2. The van der Waals surface area contributed by atoms with Gasteiger partial charge in [0, 0.05) is 50.2 Å². The molecule has 5 aromatic rings. The number of nitrogens with one attached hydrogen (secondary N) is 2. The normalized spacial score (nSPS) is 13.3. The van der Waals surface area contributed by atoms with Crippen molar-refractivity contribution in [3.05, 3.63) is 100 Å². The highest BCUT2D eigenvalue weighted by Crippen LogP contribution is 2.37. The van der Waals surface area contributed by atoms with E-state index in [9.17, 15) is 0 Å². The molecule has 0 bridgehead atoms. The monoisotopic (exact) mass is 420 g/mol. The van der Waals surface area contributed by atoms with Gasteiger partial charge in [-0.2, -0.15) is 5.10 Å². The first kappa shape index (κ1) is 18.1. The van der Waals surface area contributed by atoms with E-state index in [0.717, 1.165) is 40.0 Å². The summed E-state index contributed by atoms with van der Waals surface area (Å²) in [5, 5.41) is 8.94. The van der Waals surface area contributed by atoms with E-state index in [1.807, 2.05) is 35.7 Å². The molecule has 0 aliphatic heterocycles. The summed E-state index contributed by atoms with van der Waals surface area (Å²) in [4.78, 5) is 10.8. The van der Waals surface area contributed by atoms with E-state index in [1.54, 1.807) is 0 Å². The Morgan fingerprint density at radius 1 is 1.03 bits per heavy atom. The third kappa shape index (κ3) is 3.14. The van der Waals surface area contributed by atoms with Gasteiger partial charge in [0.25, 0.3) is 0 Å². The number of hydrogen-bond acceptors (Lipinski definition) is 3. The van der Waals surface area contributed by atoms with Crippen molar-refractivity contribution in [1.82, 2.24) is 20.2 Å². The minimum Gasteiger partial charge on any atom is -0.356 e. The Bertz CT molecular complexity index is 1460. The molecule has 0 saturated heterocycles. The van der Waals surface area contributed by atoms with Crippen LogP contribution in [0.3, 0.4) is 0 Å². The van der Waals surface area contributed by atoms with Crippen LogP contribution in [0.5, 0.6) is 0 Å². The van der Waals surface area contributed by atoms with Crippen LogP contribution in [0.15, 0.2) is 79.0 Å². The number of benzene rings is 1. The lowest BCUT2D eigenvalue weighted by molar-refractivity contribution is 1.10. The molecule has 1 aliphatic carbocycles. The molecule has 0 spiro atoms. The van der Waals surface area contributed by atoms with E-state index in [-0.39, 0.29) is 0 Å². The maximum atomic E-state index is 4.66. The Balaban J connectivity index is 1.48. The van der Waals surface area contributed by atoms with E-state index >= 15 is 0 Å². The van der Waals surface area contributed by atoms with Crippen LogP contribution in [0, 0.1) is 6.92 Å². The van der Waals surface area contributed by atoms with Crippen molar-refractivity contribution >= 4 is 27.8 Å². The Morgan fingerprint density at radius 2 is 2.00 bits per heavy atom. The quantitative estimate of drug-likeness (QED) is 0.348. The zero-order valence-electron chi connectivity index (χ0n) is 17.0. The zero-order valence-corrected chi connectivity index (χ0v) is 17.8. The van der Waals surface area contributed by atoms with Crippen molar-refractivity contribution in [2.24, 2.45) is 0 Å². The molecule has 4 heterocycles. The summed E-state index contributed by atoms with van der Waals surface area (Å²) >= 11 is 1.83. The molecular formula is C26H20N4S. The van der Waals surface area contributed by atoms with Gasteiger partial charge in [-0.25, -0.2) is 0 Å². The summed E-state index contributed by atoms with van der Waals surface area (Å²) in [5.41, 5.74) is 8.76. The Labute approximate surface area is 184 Å². The number of aromatic amines is 2. The Kier molecular flexibility index (Phi) is 4.21. The summed E-state index contributed by atoms with van der Waals surface area (Å²) in [5.74, 6) is 0. The predicted octanol–water partition coefficient (Wildman–Crippen LogP) is 6.53. The van der Waals surface area contributed by atoms with Crippen molar-refractivity contribution in [2.45, 2.75) is 13.3 Å². The molecule has 0 atom stereocenters. The summed E-state index contributed by atoms with van der Waals surface area (Å²) < 4.78 is 0. The van der Waals surface area contributed by atoms with Gasteiger partial charge in [0.15, 0.2) is 0 Å². The average molecular weight is 421 g/mol. The van der Waals surface area contributed by atoms with Gasteiger partial charge in [-0.3, -0.25) is 10.1 Å². The van der Waals surface area contributed by atoms with Crippen LogP contribution in [0.2, 0.25) is 0 Å². The van der Waals surface area contributed by atoms with Crippen molar-refractivity contribution in [3.8, 4) is 22.6 Å². The van der Waals surface area contributed by atoms with Crippen LogP contribution in [0.25, 0.3) is 39.1 Å². The fourth-order valence-corrected chi connectivity index (χ4v) is 5.08. The molecule has 150 valence electrons. The van der Waals surface area contributed by atoms with E-state index in [4.69, 9.17) is 0 Å². The van der Waals surface area contributed by atoms with Gasteiger partial charge in [0.1, 0.15) is 5.69 Å². The lowest BCUT2D eigenvalue weighted by atomic mass is 10.0. The molecule has 0 saturated carbocycles. The van der Waals surface area contributed by atoms with Gasteiger partial charge in [-0.1, -0.05) is 30.4 Å². The second-order valence-corrected chi connectivity index (χ2v) is 9.03. The van der Waals surface area contributed by atoms with Crippen molar-refractivity contribution in [2.75, 3.05) is 0 Å². The summed E-state index contributed by atoms with van der Waals surface area (Å²) in [6.45, 7) is 2.15. The molecule has 0 unspecified atom stereocenters. The molecule has 0 amide bonds. The van der Waals surface area contributed by atoms with E-state index in [1.165, 1.54) is 26.6 Å². The fourth-order valence-electron chi connectivity index (χ4n) is 4.17. The molecule has 1 aromatic carbocycles. The highest BCUT2D eigenvalue weighted by molar-refractivity contribution is 7.13. The smallest absolute Gasteiger partial charge is 0.116 e. The summed E-state index contributed by atoms with van der Waals surface area (Å²) in [6.07, 6.45) is 9.28. The van der Waals surface area contributed by atoms with Gasteiger partial charge >= 0.3 is 0 Å². The van der Waals surface area contributed by atoms with Crippen LogP contribution in [-0.2, 0) is 6.42 Å². The molecule has 0 fully saturated rings. The standard InChI is InChI=1S/C26H20N4S/c1-16-9-12-25(31-16)18-6-2-3-8-22-19(18)15-24(28-22)26-20-14-17(10-11-23(20)29-30-26)21-7-4-5-13-27-21/h2-7,9-15,28H,8H2,1H3,(H,29,30). The first-order chi connectivity index (χ1) is 15.3. The van der Waals surface area contributed by atoms with Crippen LogP contribution in [-0.4, -0.2) is 20.2 Å². The molecule has 6 rings (SSSR count). The SMILES string of the molecule is Cc1ccc(C2=CC=CCc3[nH]c(-c4n[nH]c5ccc(-c6ccccn6)cc45)cc32)s1. The zero-order chi connectivity index (χ0) is 20.8. The molecule has 5 heteroatoms. The Morgan fingerprint density at radius 3 is 2.84 bits per heavy atom. The number of allylic oxidation sites excluding steroid dienone is 3. The average Bonchev–Trinajstić information content (AvgIpc) is 3.50. The predicted molar refractivity (Wildman–Crippen MR) is 128 cm³/mol. The van der Waals surface area contributed by atoms with Gasteiger partial charge < -0.3 is 4.98 Å². The number of rotatable bonds is 3. The number of aromatic nitrogens is 4. The number of pyridine rings is 1. The van der Waals surface area contributed by atoms with E-state index in [2.05, 4.69) is 81.7 Å². The van der Waals surface area contributed by atoms with E-state index < -0.39 is 0 Å². The van der Waals surface area contributed by atoms with Crippen LogP contribution < -0.4 is 0 Å². The van der Waals surface area contributed by atoms with Crippen molar-refractivity contribution in [3.63, 3.8) is 0 Å². The van der Waals surface area contributed by atoms with Crippen LogP contribution in [0.1, 0.15) is 21.0 Å². The highest BCUT2D eigenvalue weighted by Gasteiger charge is 2.19. The molecular weight excluding hydrogens is 400 g/mol. The fraction of sp³-hybridized carbons (Fsp3) is 0.0769. The molecule has 1 aliphatic rings. The number of H-pyrrole nitrogens is 2. The Hall–Kier alpha value is -3.70. The third-order valence-corrected chi connectivity index (χ3v) is 6.73. The van der Waals surface area contributed by atoms with Crippen LogP contribution >= 0.6 is 11.3 Å². The highest BCUT2D eigenvalue weighted by atomic mass is 32.1. The minimum atomic E-state index is 0.876. The summed E-state index contributed by atoms with van der Waals surface area (Å²) in [7, 11) is 0. The first-order valence-electron chi connectivity index (χ1n) is 10.3. The number of thiophene rings is 1. The molecule has 2 N–H and O–H groups in total. The molecule has 31 heavy (non-hydrogen) atoms. The maximum absolute atomic E-state index is 4.66.